The lowest BCUT2D eigenvalue weighted by atomic mass is 10.00. The van der Waals surface area contributed by atoms with Crippen molar-refractivity contribution in [2.75, 3.05) is 0 Å². The molecule has 0 radical (unpaired) electrons. The maximum Gasteiger partial charge on any atom is 0.164 e. The van der Waals surface area contributed by atoms with Crippen LogP contribution in [0, 0.1) is 0 Å². The molecule has 48 heavy (non-hydrogen) atoms. The Balaban J connectivity index is 1.18. The molecule has 0 aliphatic heterocycles. The van der Waals surface area contributed by atoms with Crippen LogP contribution in [0.1, 0.15) is 0 Å². The molecule has 0 saturated heterocycles. The van der Waals surface area contributed by atoms with Crippen LogP contribution in [0.2, 0.25) is 0 Å². The van der Waals surface area contributed by atoms with Gasteiger partial charge in [0.1, 0.15) is 5.01 Å². The Hall–Kier alpha value is -5.82. The summed E-state index contributed by atoms with van der Waals surface area (Å²) in [5.41, 5.74) is 5.04. The first-order chi connectivity index (χ1) is 23.7. The van der Waals surface area contributed by atoms with Crippen molar-refractivity contribution < 1.29 is 0 Å². The van der Waals surface area contributed by atoms with Crippen molar-refractivity contribution in [2.45, 2.75) is 0 Å². The van der Waals surface area contributed by atoms with Crippen molar-refractivity contribution in [2.24, 2.45) is 0 Å². The number of aromatic nitrogens is 4. The molecule has 0 bridgehead atoms. The second-order valence-electron chi connectivity index (χ2n) is 11.9. The van der Waals surface area contributed by atoms with Crippen LogP contribution in [-0.4, -0.2) is 19.9 Å². The number of benzene rings is 7. The van der Waals surface area contributed by atoms with Gasteiger partial charge in [-0.1, -0.05) is 121 Å². The summed E-state index contributed by atoms with van der Waals surface area (Å²) in [7, 11) is 0. The summed E-state index contributed by atoms with van der Waals surface area (Å²) in [5.74, 6) is 1.96. The normalized spacial score (nSPS) is 11.8. The molecule has 3 aromatic heterocycles. The fourth-order valence-electron chi connectivity index (χ4n) is 6.63. The molecule has 6 heteroatoms. The lowest BCUT2D eigenvalue weighted by molar-refractivity contribution is 1.08. The first-order valence-corrected chi connectivity index (χ1v) is 17.4. The Labute approximate surface area is 283 Å². The highest BCUT2D eigenvalue weighted by Gasteiger charge is 2.18. The van der Waals surface area contributed by atoms with E-state index in [1.54, 1.807) is 22.7 Å². The number of fused-ring (bicyclic) bond motifs is 7. The summed E-state index contributed by atoms with van der Waals surface area (Å²) in [6.45, 7) is 0. The minimum Gasteiger partial charge on any atom is -0.236 e. The average Bonchev–Trinajstić information content (AvgIpc) is 3.74. The zero-order valence-electron chi connectivity index (χ0n) is 25.5. The summed E-state index contributed by atoms with van der Waals surface area (Å²) < 4.78 is 3.61. The SMILES string of the molecule is c1ccc(-c2nc(-c3ccc4c(ccc5ccccc54)c3)nc(-c3cccc4sc5cc6sc(-c7ccccc7)nc6cc5c34)n2)cc1. The van der Waals surface area contributed by atoms with E-state index in [0.29, 0.717) is 17.5 Å². The largest absolute Gasteiger partial charge is 0.236 e. The molecule has 0 aliphatic carbocycles. The van der Waals surface area contributed by atoms with Crippen molar-refractivity contribution in [3.05, 3.63) is 146 Å². The highest BCUT2D eigenvalue weighted by Crippen LogP contribution is 2.43. The highest BCUT2D eigenvalue weighted by atomic mass is 32.1. The first kappa shape index (κ1) is 27.3. The van der Waals surface area contributed by atoms with Gasteiger partial charge in [-0.3, -0.25) is 0 Å². The number of thiophene rings is 1. The first-order valence-electron chi connectivity index (χ1n) is 15.8. The zero-order valence-corrected chi connectivity index (χ0v) is 27.1. The third kappa shape index (κ3) is 4.49. The molecular formula is C42H24N4S2. The van der Waals surface area contributed by atoms with Crippen molar-refractivity contribution >= 4 is 74.6 Å². The van der Waals surface area contributed by atoms with E-state index in [1.807, 2.05) is 24.3 Å². The molecule has 7 aromatic carbocycles. The van der Waals surface area contributed by atoms with Gasteiger partial charge >= 0.3 is 0 Å². The molecular weight excluding hydrogens is 625 g/mol. The molecule has 0 atom stereocenters. The van der Waals surface area contributed by atoms with Gasteiger partial charge in [0.05, 0.1) is 10.2 Å². The molecule has 0 fully saturated rings. The Morgan fingerprint density at radius 3 is 1.94 bits per heavy atom. The lowest BCUT2D eigenvalue weighted by Gasteiger charge is -2.11. The van der Waals surface area contributed by atoms with Gasteiger partial charge in [-0.2, -0.15) is 0 Å². The number of rotatable bonds is 4. The summed E-state index contributed by atoms with van der Waals surface area (Å²) >= 11 is 3.54. The topological polar surface area (TPSA) is 51.6 Å². The smallest absolute Gasteiger partial charge is 0.164 e. The fraction of sp³-hybridized carbons (Fsp3) is 0. The van der Waals surface area contributed by atoms with Crippen LogP contribution < -0.4 is 0 Å². The van der Waals surface area contributed by atoms with Gasteiger partial charge in [-0.05, 0) is 45.8 Å². The van der Waals surface area contributed by atoms with Gasteiger partial charge in [0, 0.05) is 42.4 Å². The van der Waals surface area contributed by atoms with E-state index in [1.165, 1.54) is 35.6 Å². The highest BCUT2D eigenvalue weighted by molar-refractivity contribution is 7.26. The standard InChI is InChI=1S/C42H24N4S2/c1-3-11-26(12-4-1)39-44-40(29-20-21-31-28(22-29)19-18-25-10-7-8-15-30(25)31)46-41(45-39)32-16-9-17-35-38(32)33-23-34-37(24-36(33)47-35)48-42(43-34)27-13-5-2-6-14-27/h1-24H. The van der Waals surface area contributed by atoms with Gasteiger partial charge in [0.15, 0.2) is 17.5 Å². The molecule has 10 aromatic rings. The monoisotopic (exact) mass is 648 g/mol. The average molecular weight is 649 g/mol. The summed E-state index contributed by atoms with van der Waals surface area (Å²) in [4.78, 5) is 20.4. The molecule has 0 amide bonds. The van der Waals surface area contributed by atoms with Crippen LogP contribution >= 0.6 is 22.7 Å². The minimum absolute atomic E-state index is 0.653. The second-order valence-corrected chi connectivity index (χ2v) is 14.0. The van der Waals surface area contributed by atoms with Gasteiger partial charge < -0.3 is 0 Å². The third-order valence-electron chi connectivity index (χ3n) is 8.94. The fourth-order valence-corrected chi connectivity index (χ4v) is 8.85. The lowest BCUT2D eigenvalue weighted by Crippen LogP contribution is -2.00. The predicted octanol–water partition coefficient (Wildman–Crippen LogP) is 11.8. The van der Waals surface area contributed by atoms with E-state index in [0.717, 1.165) is 43.6 Å². The molecule has 0 aliphatic rings. The van der Waals surface area contributed by atoms with Crippen LogP contribution in [-0.2, 0) is 0 Å². The Morgan fingerprint density at radius 1 is 0.375 bits per heavy atom. The number of nitrogens with zero attached hydrogens (tertiary/aromatic N) is 4. The maximum atomic E-state index is 5.18. The van der Waals surface area contributed by atoms with E-state index in [2.05, 4.69) is 121 Å². The molecule has 0 unspecified atom stereocenters. The summed E-state index contributed by atoms with van der Waals surface area (Å²) in [6.07, 6.45) is 0. The Morgan fingerprint density at radius 2 is 1.08 bits per heavy atom. The minimum atomic E-state index is 0.653. The Kier molecular flexibility index (Phi) is 6.19. The van der Waals surface area contributed by atoms with Gasteiger partial charge in [-0.15, -0.1) is 22.7 Å². The van der Waals surface area contributed by atoms with Crippen LogP contribution in [0.15, 0.2) is 146 Å². The maximum absolute atomic E-state index is 5.18. The van der Waals surface area contributed by atoms with Crippen molar-refractivity contribution in [1.82, 2.24) is 19.9 Å². The number of thiazole rings is 1. The van der Waals surface area contributed by atoms with Crippen LogP contribution in [0.4, 0.5) is 0 Å². The molecule has 0 spiro atoms. The van der Waals surface area contributed by atoms with Gasteiger partial charge in [0.2, 0.25) is 0 Å². The van der Waals surface area contributed by atoms with Gasteiger partial charge in [0.25, 0.3) is 0 Å². The van der Waals surface area contributed by atoms with Gasteiger partial charge in [-0.25, -0.2) is 19.9 Å². The quantitative estimate of drug-likeness (QED) is 0.178. The van der Waals surface area contributed by atoms with Crippen molar-refractivity contribution in [3.63, 3.8) is 0 Å². The van der Waals surface area contributed by atoms with E-state index in [9.17, 15) is 0 Å². The van der Waals surface area contributed by atoms with E-state index in [-0.39, 0.29) is 0 Å². The summed E-state index contributed by atoms with van der Waals surface area (Å²) in [5, 5.41) is 8.19. The molecule has 3 heterocycles. The predicted molar refractivity (Wildman–Crippen MR) is 203 cm³/mol. The second kappa shape index (κ2) is 10.9. The van der Waals surface area contributed by atoms with Crippen molar-refractivity contribution in [3.8, 4) is 44.7 Å². The Bertz CT molecular complexity index is 2840. The number of hydrogen-bond acceptors (Lipinski definition) is 6. The third-order valence-corrected chi connectivity index (χ3v) is 11.1. The molecule has 0 saturated carbocycles. The molecule has 4 nitrogen and oxygen atoms in total. The zero-order chi connectivity index (χ0) is 31.6. The summed E-state index contributed by atoms with van der Waals surface area (Å²) in [6, 6.07) is 50.9. The van der Waals surface area contributed by atoms with Crippen LogP contribution in [0.5, 0.6) is 0 Å². The van der Waals surface area contributed by atoms with Crippen molar-refractivity contribution in [1.29, 1.82) is 0 Å². The molecule has 10 rings (SSSR count). The van der Waals surface area contributed by atoms with E-state index < -0.39 is 0 Å². The number of hydrogen-bond donors (Lipinski definition) is 0. The molecule has 224 valence electrons. The van der Waals surface area contributed by atoms with E-state index >= 15 is 0 Å². The van der Waals surface area contributed by atoms with E-state index in [4.69, 9.17) is 19.9 Å². The van der Waals surface area contributed by atoms with Crippen LogP contribution in [0.3, 0.4) is 0 Å². The molecule has 0 N–H and O–H groups in total. The van der Waals surface area contributed by atoms with Crippen LogP contribution in [0.25, 0.3) is 96.7 Å².